The molecule has 23 heavy (non-hydrogen) atoms. The van der Waals surface area contributed by atoms with E-state index in [4.69, 9.17) is 10.5 Å². The maximum absolute atomic E-state index is 12.5. The maximum atomic E-state index is 12.5. The molecule has 0 spiro atoms. The summed E-state index contributed by atoms with van der Waals surface area (Å²) in [6.07, 6.45) is 0. The molecule has 3 rings (SSSR count). The van der Waals surface area contributed by atoms with Crippen molar-refractivity contribution in [2.45, 2.75) is 19.0 Å². The molecule has 0 bridgehead atoms. The summed E-state index contributed by atoms with van der Waals surface area (Å²) in [5.41, 5.74) is 8.21. The minimum absolute atomic E-state index is 0. The van der Waals surface area contributed by atoms with Gasteiger partial charge in [0.2, 0.25) is 5.91 Å². The van der Waals surface area contributed by atoms with Crippen molar-refractivity contribution in [3.63, 3.8) is 0 Å². The molecule has 4 nitrogen and oxygen atoms in total. The Balaban J connectivity index is 0.00000192. The minimum atomic E-state index is -0.321. The monoisotopic (exact) mass is 332 g/mol. The first kappa shape index (κ1) is 17.3. The molecule has 5 heteroatoms. The average Bonchev–Trinajstić information content (AvgIpc) is 2.97. The quantitative estimate of drug-likeness (QED) is 0.904. The van der Waals surface area contributed by atoms with E-state index in [1.54, 1.807) is 0 Å². The van der Waals surface area contributed by atoms with Crippen LogP contribution in [0.5, 0.6) is 5.75 Å². The van der Waals surface area contributed by atoms with Crippen LogP contribution in [0.15, 0.2) is 54.6 Å². The number of carbonyl (C=O) groups excluding carboxylic acids is 1. The number of hydrogen-bond donors (Lipinski definition) is 2. The summed E-state index contributed by atoms with van der Waals surface area (Å²) in [7, 11) is 0. The predicted octanol–water partition coefficient (Wildman–Crippen LogP) is 2.99. The standard InChI is InChI=1S/C18H20N2O2.ClH/c1-12(17(19)13-7-3-2-4-8-13)18(21)20-15-11-22-16-10-6-5-9-14(15)16;/h2-10,12,15,17H,11,19H2,1H3,(H,20,21);1H. The van der Waals surface area contributed by atoms with Crippen LogP contribution < -0.4 is 15.8 Å². The topological polar surface area (TPSA) is 64.3 Å². The molecule has 1 aliphatic heterocycles. The van der Waals surface area contributed by atoms with E-state index in [0.29, 0.717) is 6.61 Å². The lowest BCUT2D eigenvalue weighted by Gasteiger charge is -2.21. The van der Waals surface area contributed by atoms with Crippen LogP contribution in [0.1, 0.15) is 30.1 Å². The molecule has 1 amide bonds. The lowest BCUT2D eigenvalue weighted by atomic mass is 9.94. The molecule has 0 saturated heterocycles. The van der Waals surface area contributed by atoms with E-state index in [1.165, 1.54) is 0 Å². The fourth-order valence-electron chi connectivity index (χ4n) is 2.71. The van der Waals surface area contributed by atoms with E-state index in [1.807, 2.05) is 61.5 Å². The van der Waals surface area contributed by atoms with Gasteiger partial charge in [0.05, 0.1) is 12.0 Å². The second-order valence-corrected chi connectivity index (χ2v) is 5.64. The Morgan fingerprint density at radius 3 is 2.57 bits per heavy atom. The van der Waals surface area contributed by atoms with Crippen molar-refractivity contribution < 1.29 is 9.53 Å². The molecule has 3 unspecified atom stereocenters. The molecule has 0 aliphatic carbocycles. The largest absolute Gasteiger partial charge is 0.491 e. The van der Waals surface area contributed by atoms with Gasteiger partial charge in [-0.05, 0) is 11.6 Å². The number of ether oxygens (including phenoxy) is 1. The fraction of sp³-hybridized carbons (Fsp3) is 0.278. The van der Waals surface area contributed by atoms with Gasteiger partial charge in [0.1, 0.15) is 12.4 Å². The van der Waals surface area contributed by atoms with Crippen molar-refractivity contribution in [2.24, 2.45) is 11.7 Å². The van der Waals surface area contributed by atoms with Crippen LogP contribution in [0, 0.1) is 5.92 Å². The summed E-state index contributed by atoms with van der Waals surface area (Å²) in [5, 5.41) is 3.04. The summed E-state index contributed by atoms with van der Waals surface area (Å²) < 4.78 is 5.59. The highest BCUT2D eigenvalue weighted by atomic mass is 35.5. The van der Waals surface area contributed by atoms with Crippen molar-refractivity contribution in [1.29, 1.82) is 0 Å². The highest BCUT2D eigenvalue weighted by Crippen LogP contribution is 2.32. The maximum Gasteiger partial charge on any atom is 0.225 e. The fourth-order valence-corrected chi connectivity index (χ4v) is 2.71. The molecule has 0 saturated carbocycles. The van der Waals surface area contributed by atoms with Crippen molar-refractivity contribution in [3.8, 4) is 5.75 Å². The molecule has 0 radical (unpaired) electrons. The first-order chi connectivity index (χ1) is 10.7. The summed E-state index contributed by atoms with van der Waals surface area (Å²) in [6.45, 7) is 2.33. The van der Waals surface area contributed by atoms with Gasteiger partial charge in [0.25, 0.3) is 0 Å². The third-order valence-corrected chi connectivity index (χ3v) is 4.15. The molecule has 2 aromatic carbocycles. The normalized spacial score (nSPS) is 18.1. The van der Waals surface area contributed by atoms with Crippen LogP contribution >= 0.6 is 12.4 Å². The van der Waals surface area contributed by atoms with Crippen molar-refractivity contribution in [3.05, 3.63) is 65.7 Å². The number of nitrogens with two attached hydrogens (primary N) is 1. The van der Waals surface area contributed by atoms with Crippen LogP contribution in [-0.4, -0.2) is 12.5 Å². The van der Waals surface area contributed by atoms with Gasteiger partial charge in [0.15, 0.2) is 0 Å². The van der Waals surface area contributed by atoms with Gasteiger partial charge in [-0.3, -0.25) is 4.79 Å². The third-order valence-electron chi connectivity index (χ3n) is 4.15. The Morgan fingerprint density at radius 2 is 1.83 bits per heavy atom. The van der Waals surface area contributed by atoms with Gasteiger partial charge >= 0.3 is 0 Å². The predicted molar refractivity (Wildman–Crippen MR) is 92.6 cm³/mol. The highest BCUT2D eigenvalue weighted by Gasteiger charge is 2.29. The van der Waals surface area contributed by atoms with Crippen LogP contribution in [0.2, 0.25) is 0 Å². The lowest BCUT2D eigenvalue weighted by molar-refractivity contribution is -0.126. The van der Waals surface area contributed by atoms with E-state index in [9.17, 15) is 4.79 Å². The van der Waals surface area contributed by atoms with Crippen molar-refractivity contribution >= 4 is 18.3 Å². The molecule has 3 N–H and O–H groups in total. The number of fused-ring (bicyclic) bond motifs is 1. The second kappa shape index (κ2) is 7.49. The Kier molecular flexibility index (Phi) is 5.64. The SMILES string of the molecule is CC(C(=O)NC1COc2ccccc21)C(N)c1ccccc1.Cl. The first-order valence-electron chi connectivity index (χ1n) is 7.49. The summed E-state index contributed by atoms with van der Waals surface area (Å²) in [5.74, 6) is 0.477. The minimum Gasteiger partial charge on any atom is -0.491 e. The number of hydrogen-bond acceptors (Lipinski definition) is 3. The highest BCUT2D eigenvalue weighted by molar-refractivity contribution is 5.85. The smallest absolute Gasteiger partial charge is 0.225 e. The third kappa shape index (κ3) is 3.66. The number of benzene rings is 2. The first-order valence-corrected chi connectivity index (χ1v) is 7.49. The molecule has 1 aliphatic rings. The van der Waals surface area contributed by atoms with Gasteiger partial charge in [-0.25, -0.2) is 0 Å². The Hall–Kier alpha value is -2.04. The summed E-state index contributed by atoms with van der Waals surface area (Å²) in [6, 6.07) is 17.0. The Labute approximate surface area is 142 Å². The Morgan fingerprint density at radius 1 is 1.17 bits per heavy atom. The van der Waals surface area contributed by atoms with E-state index in [-0.39, 0.29) is 36.3 Å². The van der Waals surface area contributed by atoms with Crippen LogP contribution in [0.3, 0.4) is 0 Å². The van der Waals surface area contributed by atoms with Crippen molar-refractivity contribution in [1.82, 2.24) is 5.32 Å². The molecule has 1 heterocycles. The molecule has 0 fully saturated rings. The van der Waals surface area contributed by atoms with Gasteiger partial charge in [-0.15, -0.1) is 12.4 Å². The van der Waals surface area contributed by atoms with Crippen LogP contribution in [0.4, 0.5) is 0 Å². The number of carbonyl (C=O) groups is 1. The Bertz CT molecular complexity index is 663. The number of nitrogens with one attached hydrogen (secondary N) is 1. The van der Waals surface area contributed by atoms with Gasteiger partial charge in [-0.2, -0.15) is 0 Å². The molecule has 122 valence electrons. The molecule has 3 atom stereocenters. The summed E-state index contributed by atoms with van der Waals surface area (Å²) >= 11 is 0. The number of amides is 1. The summed E-state index contributed by atoms with van der Waals surface area (Å²) in [4.78, 5) is 12.5. The molecule has 2 aromatic rings. The number of para-hydroxylation sites is 1. The second-order valence-electron chi connectivity index (χ2n) is 5.64. The zero-order valence-corrected chi connectivity index (χ0v) is 13.8. The van der Waals surface area contributed by atoms with E-state index in [2.05, 4.69) is 5.32 Å². The molecular formula is C18H21ClN2O2. The van der Waals surface area contributed by atoms with E-state index < -0.39 is 0 Å². The number of rotatable bonds is 4. The van der Waals surface area contributed by atoms with Gasteiger partial charge < -0.3 is 15.8 Å². The van der Waals surface area contributed by atoms with Crippen LogP contribution in [0.25, 0.3) is 0 Å². The number of halogens is 1. The van der Waals surface area contributed by atoms with E-state index >= 15 is 0 Å². The van der Waals surface area contributed by atoms with Gasteiger partial charge in [0, 0.05) is 11.6 Å². The van der Waals surface area contributed by atoms with Gasteiger partial charge in [-0.1, -0.05) is 55.5 Å². The lowest BCUT2D eigenvalue weighted by Crippen LogP contribution is -2.38. The molecule has 0 aromatic heterocycles. The molecular weight excluding hydrogens is 312 g/mol. The zero-order valence-electron chi connectivity index (χ0n) is 12.9. The van der Waals surface area contributed by atoms with Crippen LogP contribution in [-0.2, 0) is 4.79 Å². The van der Waals surface area contributed by atoms with E-state index in [0.717, 1.165) is 16.9 Å². The zero-order chi connectivity index (χ0) is 15.5. The van der Waals surface area contributed by atoms with Crippen molar-refractivity contribution in [2.75, 3.05) is 6.61 Å². The average molecular weight is 333 g/mol.